The number of nitrogen functional groups attached to an aromatic ring is 1. The van der Waals surface area contributed by atoms with Crippen LogP contribution in [-0.4, -0.2) is 94.5 Å². The number of carboxylic acid groups (broad SMARTS) is 1. The van der Waals surface area contributed by atoms with E-state index in [0.717, 1.165) is 57.3 Å². The van der Waals surface area contributed by atoms with Crippen molar-refractivity contribution in [1.29, 1.82) is 0 Å². The number of hydrogen-bond acceptors (Lipinski definition) is 8. The van der Waals surface area contributed by atoms with E-state index in [2.05, 4.69) is 42.5 Å². The quantitative estimate of drug-likeness (QED) is 0.308. The molecule has 4 rings (SSSR count). The normalized spacial score (nSPS) is 26.9. The number of urea groups is 1. The molecule has 3 aliphatic rings. The predicted molar refractivity (Wildman–Crippen MR) is 137 cm³/mol. The summed E-state index contributed by atoms with van der Waals surface area (Å²) in [6.07, 6.45) is 3.32. The lowest BCUT2D eigenvalue weighted by Crippen LogP contribution is -2.65. The number of halogens is 2. The molecule has 0 radical (unpaired) electrons. The molecular weight excluding hydrogens is 588 g/mol. The average Bonchev–Trinajstić information content (AvgIpc) is 3.22. The Morgan fingerprint density at radius 3 is 2.49 bits per heavy atom. The summed E-state index contributed by atoms with van der Waals surface area (Å²) in [4.78, 5) is 38.2. The van der Waals surface area contributed by atoms with E-state index in [1.165, 1.54) is 16.8 Å². The number of carbonyl (C=O) groups is 3. The Labute approximate surface area is 221 Å². The smallest absolute Gasteiger partial charge is 0.327 e. The third-order valence-corrected chi connectivity index (χ3v) is 7.70. The second-order valence-corrected chi connectivity index (χ2v) is 10.8. The van der Waals surface area contributed by atoms with Crippen LogP contribution in [0.4, 0.5) is 10.5 Å². The number of likely N-dealkylation sites (N-methyl/N-ethyl adjacent to an activating group) is 2. The number of carbonyl (C=O) groups excluding carboxylic acids is 2. The van der Waals surface area contributed by atoms with Gasteiger partial charge in [0, 0.05) is 35.6 Å². The number of hydrogen-bond donors (Lipinski definition) is 5. The molecule has 2 heterocycles. The maximum Gasteiger partial charge on any atom is 0.327 e. The molecule has 194 valence electrons. The van der Waals surface area contributed by atoms with E-state index in [-0.39, 0.29) is 31.3 Å². The Balaban J connectivity index is 0.000000196. The van der Waals surface area contributed by atoms with Gasteiger partial charge in [-0.3, -0.25) is 24.7 Å². The summed E-state index contributed by atoms with van der Waals surface area (Å²) in [5.41, 5.74) is 7.93. The minimum atomic E-state index is -0.998. The van der Waals surface area contributed by atoms with Crippen LogP contribution in [0.3, 0.4) is 0 Å². The van der Waals surface area contributed by atoms with Crippen LogP contribution < -0.4 is 16.4 Å². The number of nitrogens with two attached hydrogens (primary N) is 1. The van der Waals surface area contributed by atoms with E-state index in [1.54, 1.807) is 7.05 Å². The van der Waals surface area contributed by atoms with E-state index < -0.39 is 18.2 Å². The molecule has 35 heavy (non-hydrogen) atoms. The average molecular weight is 620 g/mol. The van der Waals surface area contributed by atoms with Crippen LogP contribution in [0.5, 0.6) is 0 Å². The minimum absolute atomic E-state index is 0.104. The van der Waals surface area contributed by atoms with Gasteiger partial charge in [0.05, 0.1) is 25.0 Å². The number of nitrogens with zero attached hydrogens (tertiary/aromatic N) is 3. The van der Waals surface area contributed by atoms with Gasteiger partial charge in [-0.2, -0.15) is 0 Å². The van der Waals surface area contributed by atoms with Gasteiger partial charge in [-0.15, -0.1) is 0 Å². The number of nitrogens with one attached hydrogen (secondary N) is 2. The molecular formula is C22H32Br2N6O5. The van der Waals surface area contributed by atoms with Crippen molar-refractivity contribution in [2.24, 2.45) is 0 Å². The van der Waals surface area contributed by atoms with Crippen LogP contribution in [0.15, 0.2) is 21.1 Å². The molecule has 3 amide bonds. The van der Waals surface area contributed by atoms with E-state index in [1.807, 2.05) is 12.1 Å². The molecule has 0 spiro atoms. The summed E-state index contributed by atoms with van der Waals surface area (Å²) >= 11 is 6.93. The van der Waals surface area contributed by atoms with Crippen LogP contribution in [-0.2, 0) is 16.1 Å². The van der Waals surface area contributed by atoms with Gasteiger partial charge in [-0.1, -0.05) is 15.9 Å². The maximum absolute atomic E-state index is 12.0. The molecule has 3 fully saturated rings. The number of aliphatic hydroxyl groups excluding tert-OH is 1. The van der Waals surface area contributed by atoms with Crippen molar-refractivity contribution in [3.8, 4) is 0 Å². The number of aliphatic hydroxyl groups is 1. The number of rotatable bonds is 5. The van der Waals surface area contributed by atoms with Gasteiger partial charge in [0.2, 0.25) is 0 Å². The molecule has 1 aromatic rings. The summed E-state index contributed by atoms with van der Waals surface area (Å²) in [6, 6.07) is 3.48. The number of fused-ring (bicyclic) bond motifs is 1. The first-order valence-corrected chi connectivity index (χ1v) is 13.0. The SMILES string of the molecule is CN1C(=O)C2C(NCN2CC(=O)O)N(C)C1=O.Nc1c(Br)cc(Br)cc1CNC1CCC(O)CC1. The monoisotopic (exact) mass is 618 g/mol. The summed E-state index contributed by atoms with van der Waals surface area (Å²) in [5.74, 6) is -1.37. The highest BCUT2D eigenvalue weighted by molar-refractivity contribution is 9.11. The van der Waals surface area contributed by atoms with Crippen molar-refractivity contribution in [3.63, 3.8) is 0 Å². The highest BCUT2D eigenvalue weighted by Gasteiger charge is 2.49. The Morgan fingerprint density at radius 2 is 1.86 bits per heavy atom. The second kappa shape index (κ2) is 12.0. The van der Waals surface area contributed by atoms with E-state index >= 15 is 0 Å². The van der Waals surface area contributed by atoms with Crippen LogP contribution in [0.2, 0.25) is 0 Å². The third-order valence-electron chi connectivity index (χ3n) is 6.58. The van der Waals surface area contributed by atoms with Gasteiger partial charge in [0.25, 0.3) is 5.91 Å². The van der Waals surface area contributed by atoms with Crippen molar-refractivity contribution in [2.45, 2.75) is 56.6 Å². The van der Waals surface area contributed by atoms with E-state index in [0.29, 0.717) is 6.04 Å². The van der Waals surface area contributed by atoms with Crippen molar-refractivity contribution in [2.75, 3.05) is 33.0 Å². The molecule has 2 atom stereocenters. The highest BCUT2D eigenvalue weighted by atomic mass is 79.9. The fraction of sp³-hybridized carbons (Fsp3) is 0.591. The number of carboxylic acids is 1. The van der Waals surface area contributed by atoms with E-state index in [4.69, 9.17) is 10.8 Å². The Bertz CT molecular complexity index is 959. The number of aliphatic carboxylic acids is 1. The van der Waals surface area contributed by atoms with Gasteiger partial charge in [0.1, 0.15) is 12.2 Å². The molecule has 0 bridgehead atoms. The molecule has 1 saturated carbocycles. The molecule has 6 N–H and O–H groups in total. The lowest BCUT2D eigenvalue weighted by atomic mass is 9.93. The van der Waals surface area contributed by atoms with Crippen LogP contribution in [0.25, 0.3) is 0 Å². The summed E-state index contributed by atoms with van der Waals surface area (Å²) < 4.78 is 1.95. The zero-order valence-electron chi connectivity index (χ0n) is 19.7. The highest BCUT2D eigenvalue weighted by Crippen LogP contribution is 2.29. The largest absolute Gasteiger partial charge is 0.480 e. The van der Waals surface area contributed by atoms with E-state index in [9.17, 15) is 19.5 Å². The lowest BCUT2D eigenvalue weighted by Gasteiger charge is -2.39. The van der Waals surface area contributed by atoms with Crippen molar-refractivity contribution in [1.82, 2.24) is 25.3 Å². The Morgan fingerprint density at radius 1 is 1.20 bits per heavy atom. The van der Waals surface area contributed by atoms with Crippen LogP contribution in [0.1, 0.15) is 31.2 Å². The second-order valence-electron chi connectivity index (χ2n) is 9.03. The summed E-state index contributed by atoms with van der Waals surface area (Å²) in [5, 5.41) is 24.7. The fourth-order valence-electron chi connectivity index (χ4n) is 4.56. The van der Waals surface area contributed by atoms with Crippen molar-refractivity contribution >= 4 is 55.5 Å². The van der Waals surface area contributed by atoms with Gasteiger partial charge in [0.15, 0.2) is 0 Å². The summed E-state index contributed by atoms with van der Waals surface area (Å²) in [6.45, 7) is 0.819. The van der Waals surface area contributed by atoms with Gasteiger partial charge in [-0.05, 0) is 59.3 Å². The third kappa shape index (κ3) is 6.71. The van der Waals surface area contributed by atoms with Gasteiger partial charge < -0.3 is 26.2 Å². The topological polar surface area (TPSA) is 151 Å². The van der Waals surface area contributed by atoms with Crippen LogP contribution >= 0.6 is 31.9 Å². The number of amides is 3. The molecule has 13 heteroatoms. The van der Waals surface area contributed by atoms with Crippen molar-refractivity contribution in [3.05, 3.63) is 26.6 Å². The molecule has 0 aromatic heterocycles. The minimum Gasteiger partial charge on any atom is -0.480 e. The molecule has 11 nitrogen and oxygen atoms in total. The maximum atomic E-state index is 12.0. The molecule has 2 saturated heterocycles. The first-order chi connectivity index (χ1) is 16.5. The standard InChI is InChI=1S/C13H18Br2N2O.C9H14N4O4/c14-9-5-8(13(16)12(15)6-9)7-17-10-1-3-11(18)4-2-10;1-11-7-6(8(16)12(2)9(11)17)13(4-10-7)3-5(14)15/h5-6,10-11,17-18H,1-4,7,16H2;6-7,10H,3-4H2,1-2H3,(H,14,15). The van der Waals surface area contributed by atoms with Gasteiger partial charge in [-0.25, -0.2) is 4.79 Å². The lowest BCUT2D eigenvalue weighted by molar-refractivity contribution is -0.142. The predicted octanol–water partition coefficient (Wildman–Crippen LogP) is 1.34. The van der Waals surface area contributed by atoms with Gasteiger partial charge >= 0.3 is 12.0 Å². The van der Waals surface area contributed by atoms with Crippen molar-refractivity contribution < 1.29 is 24.6 Å². The Hall–Kier alpha value is -1.77. The first-order valence-electron chi connectivity index (χ1n) is 11.4. The fourth-order valence-corrected chi connectivity index (χ4v) is 5.87. The molecule has 2 aliphatic heterocycles. The zero-order chi connectivity index (χ0) is 25.9. The molecule has 1 aliphatic carbocycles. The van der Waals surface area contributed by atoms with Crippen LogP contribution in [0, 0.1) is 0 Å². The first kappa shape index (κ1) is 27.8. The number of anilines is 1. The Kier molecular flexibility index (Phi) is 9.52. The zero-order valence-corrected chi connectivity index (χ0v) is 22.9. The number of imide groups is 1. The number of benzene rings is 1. The summed E-state index contributed by atoms with van der Waals surface area (Å²) in [7, 11) is 2.98. The molecule has 1 aromatic carbocycles. The molecule has 2 unspecified atom stereocenters.